The minimum Gasteiger partial charge on any atom is -0.495 e. The number of carbonyl (C=O) groups excluding carboxylic acids is 1. The van der Waals surface area contributed by atoms with Crippen LogP contribution >= 0.6 is 35.4 Å². The van der Waals surface area contributed by atoms with Crippen molar-refractivity contribution in [3.8, 4) is 11.4 Å². The van der Waals surface area contributed by atoms with Crippen LogP contribution < -0.4 is 20.3 Å². The molecule has 0 aliphatic carbocycles. The van der Waals surface area contributed by atoms with E-state index in [2.05, 4.69) is 15.6 Å². The van der Waals surface area contributed by atoms with Gasteiger partial charge in [-0.05, 0) is 72.9 Å². The Hall–Kier alpha value is -3.63. The topological polar surface area (TPSA) is 80.7 Å². The first-order valence-electron chi connectivity index (χ1n) is 12.0. The van der Waals surface area contributed by atoms with Gasteiger partial charge in [0, 0.05) is 35.9 Å². The molecular formula is C28H25Cl2N5O3S. The molecule has 4 aromatic rings. The highest BCUT2D eigenvalue weighted by Gasteiger charge is 2.42. The molecule has 2 atom stereocenters. The molecule has 2 N–H and O–H groups in total. The molecule has 2 aromatic carbocycles. The van der Waals surface area contributed by atoms with E-state index in [4.69, 9.17) is 44.9 Å². The zero-order chi connectivity index (χ0) is 27.5. The van der Waals surface area contributed by atoms with Crippen molar-refractivity contribution in [3.05, 3.63) is 101 Å². The van der Waals surface area contributed by atoms with Gasteiger partial charge >= 0.3 is 0 Å². The Morgan fingerprint density at radius 1 is 1.10 bits per heavy atom. The lowest BCUT2D eigenvalue weighted by molar-refractivity contribution is -0.119. The predicted molar refractivity (Wildman–Crippen MR) is 157 cm³/mol. The number of nitrogens with one attached hydrogen (secondary N) is 2. The van der Waals surface area contributed by atoms with Crippen LogP contribution in [0, 0.1) is 0 Å². The number of thiocarbonyl (C=S) groups is 1. The maximum Gasteiger partial charge on any atom is 0.250 e. The third kappa shape index (κ3) is 5.44. The molecule has 1 aliphatic heterocycles. The molecule has 0 bridgehead atoms. The maximum atomic E-state index is 12.3. The lowest BCUT2D eigenvalue weighted by Crippen LogP contribution is -2.30. The summed E-state index contributed by atoms with van der Waals surface area (Å²) in [6.07, 6.45) is 3.70. The Morgan fingerprint density at radius 2 is 1.95 bits per heavy atom. The standard InChI is InChI=1S/C28H25Cl2N5O3S/c1-37-16-25(36)32-21-15-18(9-11-24(21)38-2)35-27(26(33-28(35)39)20-6-3-4-12-31-20)23-7-5-13-34(23)22-10-8-17(29)14-19(22)30/h3-15,26-27H,16H2,1-2H3,(H,32,36)(H,33,39)/t26-,27-/m1/s1. The van der Waals surface area contributed by atoms with Crippen molar-refractivity contribution in [1.29, 1.82) is 0 Å². The first-order chi connectivity index (χ1) is 18.9. The number of pyridine rings is 1. The zero-order valence-electron chi connectivity index (χ0n) is 21.1. The van der Waals surface area contributed by atoms with Crippen molar-refractivity contribution in [2.45, 2.75) is 12.1 Å². The molecule has 3 heterocycles. The van der Waals surface area contributed by atoms with E-state index in [0.29, 0.717) is 26.6 Å². The molecule has 39 heavy (non-hydrogen) atoms. The molecule has 5 rings (SSSR count). The fraction of sp³-hybridized carbons (Fsp3) is 0.179. The van der Waals surface area contributed by atoms with Crippen molar-refractivity contribution in [1.82, 2.24) is 14.9 Å². The van der Waals surface area contributed by atoms with Gasteiger partial charge < -0.3 is 29.6 Å². The Morgan fingerprint density at radius 3 is 2.67 bits per heavy atom. The zero-order valence-corrected chi connectivity index (χ0v) is 23.4. The second-order valence-corrected chi connectivity index (χ2v) is 9.99. The Kier molecular flexibility index (Phi) is 8.04. The minimum absolute atomic E-state index is 0.0865. The van der Waals surface area contributed by atoms with E-state index in [1.807, 2.05) is 64.2 Å². The first-order valence-corrected chi connectivity index (χ1v) is 13.2. The number of anilines is 2. The summed E-state index contributed by atoms with van der Waals surface area (Å²) >= 11 is 18.7. The summed E-state index contributed by atoms with van der Waals surface area (Å²) in [6.45, 7) is -0.0865. The number of hydrogen-bond acceptors (Lipinski definition) is 5. The van der Waals surface area contributed by atoms with Crippen LogP contribution in [0.2, 0.25) is 10.0 Å². The molecule has 200 valence electrons. The Bertz CT molecular complexity index is 1510. The smallest absolute Gasteiger partial charge is 0.250 e. The number of carbonyl (C=O) groups is 1. The number of rotatable bonds is 8. The van der Waals surface area contributed by atoms with Gasteiger partial charge in [-0.2, -0.15) is 0 Å². The van der Waals surface area contributed by atoms with Gasteiger partial charge in [-0.1, -0.05) is 29.3 Å². The van der Waals surface area contributed by atoms with E-state index in [1.54, 1.807) is 31.5 Å². The van der Waals surface area contributed by atoms with E-state index in [0.717, 1.165) is 22.8 Å². The molecule has 1 aliphatic rings. The van der Waals surface area contributed by atoms with E-state index < -0.39 is 0 Å². The molecule has 2 aromatic heterocycles. The average molecular weight is 583 g/mol. The van der Waals surface area contributed by atoms with E-state index in [1.165, 1.54) is 7.11 Å². The molecule has 0 spiro atoms. The SMILES string of the molecule is COCC(=O)Nc1cc(N2C(=S)N[C@H](c3ccccn3)[C@H]2c2cccn2-c2ccc(Cl)cc2Cl)ccc1OC. The van der Waals surface area contributed by atoms with Gasteiger partial charge in [0.2, 0.25) is 5.91 Å². The van der Waals surface area contributed by atoms with Crippen LogP contribution in [0.5, 0.6) is 5.75 Å². The third-order valence-electron chi connectivity index (χ3n) is 6.36. The summed E-state index contributed by atoms with van der Waals surface area (Å²) in [5, 5.41) is 7.89. The minimum atomic E-state index is -0.329. The van der Waals surface area contributed by atoms with Gasteiger partial charge in [0.05, 0.1) is 35.2 Å². The number of ether oxygens (including phenoxy) is 2. The van der Waals surface area contributed by atoms with Gasteiger partial charge in [0.15, 0.2) is 5.11 Å². The van der Waals surface area contributed by atoms with Crippen molar-refractivity contribution in [3.63, 3.8) is 0 Å². The predicted octanol–water partition coefficient (Wildman–Crippen LogP) is 5.95. The van der Waals surface area contributed by atoms with Crippen LogP contribution in [0.1, 0.15) is 23.5 Å². The summed E-state index contributed by atoms with van der Waals surface area (Å²) in [7, 11) is 3.01. The van der Waals surface area contributed by atoms with Crippen molar-refractivity contribution < 1.29 is 14.3 Å². The normalized spacial score (nSPS) is 16.7. The van der Waals surface area contributed by atoms with Crippen molar-refractivity contribution in [2.24, 2.45) is 0 Å². The first kappa shape index (κ1) is 27.0. The van der Waals surface area contributed by atoms with Crippen LogP contribution in [0.3, 0.4) is 0 Å². The summed E-state index contributed by atoms with van der Waals surface area (Å²) < 4.78 is 12.5. The van der Waals surface area contributed by atoms with E-state index in [9.17, 15) is 4.79 Å². The fourth-order valence-electron chi connectivity index (χ4n) is 4.73. The lowest BCUT2D eigenvalue weighted by atomic mass is 10.0. The number of amides is 1. The molecule has 1 fully saturated rings. The van der Waals surface area contributed by atoms with Crippen LogP contribution in [0.4, 0.5) is 11.4 Å². The van der Waals surface area contributed by atoms with E-state index in [-0.39, 0.29) is 24.6 Å². The molecule has 8 nitrogen and oxygen atoms in total. The number of aromatic nitrogens is 2. The molecular weight excluding hydrogens is 557 g/mol. The number of nitrogens with zero attached hydrogens (tertiary/aromatic N) is 3. The van der Waals surface area contributed by atoms with Crippen molar-refractivity contribution >= 4 is 57.8 Å². The lowest BCUT2D eigenvalue weighted by Gasteiger charge is -2.29. The fourth-order valence-corrected chi connectivity index (χ4v) is 5.57. The largest absolute Gasteiger partial charge is 0.495 e. The number of methoxy groups -OCH3 is 2. The highest BCUT2D eigenvalue weighted by molar-refractivity contribution is 7.80. The number of hydrogen-bond donors (Lipinski definition) is 2. The van der Waals surface area contributed by atoms with Gasteiger partial charge in [-0.3, -0.25) is 9.78 Å². The van der Waals surface area contributed by atoms with Crippen LogP contribution in [0.25, 0.3) is 5.69 Å². The summed E-state index contributed by atoms with van der Waals surface area (Å²) in [6, 6.07) is 20.1. The summed E-state index contributed by atoms with van der Waals surface area (Å²) in [5.74, 6) is 0.208. The molecule has 0 radical (unpaired) electrons. The van der Waals surface area contributed by atoms with Gasteiger partial charge in [0.1, 0.15) is 18.4 Å². The number of halogens is 2. The van der Waals surface area contributed by atoms with Crippen LogP contribution in [0.15, 0.2) is 79.1 Å². The molecule has 0 saturated carbocycles. The molecule has 11 heteroatoms. The maximum absolute atomic E-state index is 12.3. The molecule has 1 amide bonds. The van der Waals surface area contributed by atoms with Gasteiger partial charge in [-0.25, -0.2) is 0 Å². The second-order valence-electron chi connectivity index (χ2n) is 8.76. The summed E-state index contributed by atoms with van der Waals surface area (Å²) in [5.41, 5.74) is 3.77. The monoisotopic (exact) mass is 581 g/mol. The van der Waals surface area contributed by atoms with E-state index >= 15 is 0 Å². The van der Waals surface area contributed by atoms with Gasteiger partial charge in [0.25, 0.3) is 0 Å². The van der Waals surface area contributed by atoms with Gasteiger partial charge in [-0.15, -0.1) is 0 Å². The highest BCUT2D eigenvalue weighted by atomic mass is 35.5. The highest BCUT2D eigenvalue weighted by Crippen LogP contribution is 2.44. The Balaban J connectivity index is 1.64. The van der Waals surface area contributed by atoms with Crippen LogP contribution in [-0.2, 0) is 9.53 Å². The molecule has 0 unspecified atom stereocenters. The average Bonchev–Trinajstić information content (AvgIpc) is 3.53. The number of benzene rings is 2. The Labute approximate surface area is 241 Å². The van der Waals surface area contributed by atoms with Crippen molar-refractivity contribution in [2.75, 3.05) is 31.0 Å². The van der Waals surface area contributed by atoms with Crippen LogP contribution in [-0.4, -0.2) is 41.4 Å². The third-order valence-corrected chi connectivity index (χ3v) is 7.21. The summed E-state index contributed by atoms with van der Waals surface area (Å²) in [4.78, 5) is 19.0. The molecule has 1 saturated heterocycles. The quantitative estimate of drug-likeness (QED) is 0.249. The second kappa shape index (κ2) is 11.6.